The zero-order chi connectivity index (χ0) is 14.7. The second-order valence-electron chi connectivity index (χ2n) is 4.59. The lowest BCUT2D eigenvalue weighted by Crippen LogP contribution is -2.13. The van der Waals surface area contributed by atoms with Crippen LogP contribution in [0.2, 0.25) is 10.0 Å². The number of halogens is 2. The van der Waals surface area contributed by atoms with E-state index in [-0.39, 0.29) is 0 Å². The molecule has 0 aliphatic rings. The third kappa shape index (κ3) is 3.47. The van der Waals surface area contributed by atoms with Gasteiger partial charge in [0.1, 0.15) is 0 Å². The Hall–Kier alpha value is -1.33. The Morgan fingerprint density at radius 1 is 1.14 bits per heavy atom. The summed E-state index contributed by atoms with van der Waals surface area (Å²) in [7, 11) is 0. The molecule has 0 aliphatic carbocycles. The van der Waals surface area contributed by atoms with E-state index >= 15 is 0 Å². The van der Waals surface area contributed by atoms with Gasteiger partial charge in [-0.2, -0.15) is 5.10 Å². The van der Waals surface area contributed by atoms with Crippen LogP contribution < -0.4 is 5.32 Å². The first-order valence-electron chi connectivity index (χ1n) is 6.45. The molecule has 1 aromatic carbocycles. The van der Waals surface area contributed by atoms with E-state index in [0.29, 0.717) is 16.6 Å². The number of nitrogens with zero attached hydrogens (tertiary/aromatic N) is 1. The molecule has 3 aromatic rings. The normalized spacial score (nSPS) is 11.0. The van der Waals surface area contributed by atoms with Crippen LogP contribution in [0, 0.1) is 0 Å². The molecule has 0 radical (unpaired) electrons. The molecule has 3 nitrogen and oxygen atoms in total. The van der Waals surface area contributed by atoms with Crippen molar-refractivity contribution in [3.05, 3.63) is 63.1 Å². The van der Waals surface area contributed by atoms with Crippen molar-refractivity contribution < 1.29 is 0 Å². The molecule has 0 fully saturated rings. The summed E-state index contributed by atoms with van der Waals surface area (Å²) in [6.07, 6.45) is 1.85. The Balaban J connectivity index is 1.65. The fourth-order valence-electron chi connectivity index (χ4n) is 2.08. The summed E-state index contributed by atoms with van der Waals surface area (Å²) in [5.41, 5.74) is 3.24. The van der Waals surface area contributed by atoms with Crippen LogP contribution in [0.5, 0.6) is 0 Å². The fourth-order valence-corrected chi connectivity index (χ4v) is 3.31. The molecule has 21 heavy (non-hydrogen) atoms. The SMILES string of the molecule is Clc1ccc(CNCc2cn[nH]c2-c2cccs2)c(Cl)c1. The average Bonchev–Trinajstić information content (AvgIpc) is 3.11. The zero-order valence-electron chi connectivity index (χ0n) is 11.1. The molecule has 0 amide bonds. The van der Waals surface area contributed by atoms with Gasteiger partial charge in [0.25, 0.3) is 0 Å². The van der Waals surface area contributed by atoms with Crippen molar-refractivity contribution >= 4 is 34.5 Å². The molecule has 0 saturated heterocycles. The molecule has 3 rings (SSSR count). The minimum atomic E-state index is 0.651. The Kier molecular flexibility index (Phi) is 4.60. The number of aromatic amines is 1. The second-order valence-corrected chi connectivity index (χ2v) is 6.38. The lowest BCUT2D eigenvalue weighted by atomic mass is 10.2. The maximum absolute atomic E-state index is 6.16. The molecule has 0 atom stereocenters. The quantitative estimate of drug-likeness (QED) is 0.706. The van der Waals surface area contributed by atoms with Gasteiger partial charge in [-0.3, -0.25) is 5.10 Å². The molecule has 2 N–H and O–H groups in total. The molecule has 0 unspecified atom stereocenters. The molecule has 6 heteroatoms. The summed E-state index contributed by atoms with van der Waals surface area (Å²) in [5, 5.41) is 14.0. The number of nitrogens with one attached hydrogen (secondary N) is 2. The fraction of sp³-hybridized carbons (Fsp3) is 0.133. The van der Waals surface area contributed by atoms with Gasteiger partial charge in [-0.05, 0) is 29.1 Å². The number of hydrogen-bond acceptors (Lipinski definition) is 3. The first kappa shape index (κ1) is 14.6. The van der Waals surface area contributed by atoms with Crippen LogP contribution in [-0.2, 0) is 13.1 Å². The van der Waals surface area contributed by atoms with E-state index in [0.717, 1.165) is 23.4 Å². The van der Waals surface area contributed by atoms with Crippen molar-refractivity contribution in [2.75, 3.05) is 0 Å². The molecule has 0 aliphatic heterocycles. The molecule has 2 heterocycles. The molecular weight excluding hydrogens is 325 g/mol. The maximum atomic E-state index is 6.16. The highest BCUT2D eigenvalue weighted by atomic mass is 35.5. The van der Waals surface area contributed by atoms with Gasteiger partial charge in [-0.15, -0.1) is 11.3 Å². The smallest absolute Gasteiger partial charge is 0.0794 e. The van der Waals surface area contributed by atoms with Gasteiger partial charge in [-0.1, -0.05) is 35.3 Å². The maximum Gasteiger partial charge on any atom is 0.0794 e. The third-order valence-electron chi connectivity index (χ3n) is 3.13. The highest BCUT2D eigenvalue weighted by molar-refractivity contribution is 7.13. The highest BCUT2D eigenvalue weighted by Gasteiger charge is 2.08. The number of rotatable bonds is 5. The summed E-state index contributed by atoms with van der Waals surface area (Å²) in [5.74, 6) is 0. The molecule has 0 saturated carbocycles. The van der Waals surface area contributed by atoms with E-state index in [2.05, 4.69) is 27.0 Å². The van der Waals surface area contributed by atoms with Crippen molar-refractivity contribution in [3.8, 4) is 10.6 Å². The van der Waals surface area contributed by atoms with Crippen LogP contribution >= 0.6 is 34.5 Å². The van der Waals surface area contributed by atoms with Gasteiger partial charge in [0, 0.05) is 28.7 Å². The summed E-state index contributed by atoms with van der Waals surface area (Å²) < 4.78 is 0. The van der Waals surface area contributed by atoms with E-state index in [1.54, 1.807) is 17.4 Å². The Morgan fingerprint density at radius 2 is 2.00 bits per heavy atom. The lowest BCUT2D eigenvalue weighted by molar-refractivity contribution is 0.695. The Bertz CT molecular complexity index is 722. The second kappa shape index (κ2) is 6.62. The first-order valence-corrected chi connectivity index (χ1v) is 8.08. The van der Waals surface area contributed by atoms with Gasteiger partial charge in [0.15, 0.2) is 0 Å². The number of thiophene rings is 1. The monoisotopic (exact) mass is 337 g/mol. The van der Waals surface area contributed by atoms with E-state index in [9.17, 15) is 0 Å². The van der Waals surface area contributed by atoms with Crippen LogP contribution in [0.15, 0.2) is 41.9 Å². The van der Waals surface area contributed by atoms with Crippen LogP contribution in [0.4, 0.5) is 0 Å². The number of H-pyrrole nitrogens is 1. The van der Waals surface area contributed by atoms with Crippen LogP contribution in [0.3, 0.4) is 0 Å². The third-order valence-corrected chi connectivity index (χ3v) is 4.61. The predicted octanol–water partition coefficient (Wildman–Crippen LogP) is 4.73. The summed E-state index contributed by atoms with van der Waals surface area (Å²) in [4.78, 5) is 1.19. The first-order chi connectivity index (χ1) is 10.2. The highest BCUT2D eigenvalue weighted by Crippen LogP contribution is 2.26. The van der Waals surface area contributed by atoms with E-state index < -0.39 is 0 Å². The minimum absolute atomic E-state index is 0.651. The van der Waals surface area contributed by atoms with Gasteiger partial charge in [0.05, 0.1) is 16.8 Å². The van der Waals surface area contributed by atoms with E-state index in [4.69, 9.17) is 23.2 Å². The molecular formula is C15H13Cl2N3S. The minimum Gasteiger partial charge on any atom is -0.308 e. The van der Waals surface area contributed by atoms with Crippen LogP contribution in [0.1, 0.15) is 11.1 Å². The van der Waals surface area contributed by atoms with Crippen molar-refractivity contribution in [2.24, 2.45) is 0 Å². The number of benzene rings is 1. The summed E-state index contributed by atoms with van der Waals surface area (Å²) in [6, 6.07) is 9.66. The zero-order valence-corrected chi connectivity index (χ0v) is 13.4. The topological polar surface area (TPSA) is 40.7 Å². The summed E-state index contributed by atoms with van der Waals surface area (Å²) in [6.45, 7) is 1.41. The molecule has 108 valence electrons. The van der Waals surface area contributed by atoms with Gasteiger partial charge in [0.2, 0.25) is 0 Å². The molecule has 2 aromatic heterocycles. The van der Waals surface area contributed by atoms with E-state index in [1.807, 2.05) is 24.4 Å². The number of hydrogen-bond donors (Lipinski definition) is 2. The van der Waals surface area contributed by atoms with Gasteiger partial charge < -0.3 is 5.32 Å². The predicted molar refractivity (Wildman–Crippen MR) is 88.9 cm³/mol. The molecule has 0 bridgehead atoms. The van der Waals surface area contributed by atoms with Crippen molar-refractivity contribution in [3.63, 3.8) is 0 Å². The Labute approximate surface area is 136 Å². The molecule has 0 spiro atoms. The summed E-state index contributed by atoms with van der Waals surface area (Å²) >= 11 is 13.7. The van der Waals surface area contributed by atoms with E-state index in [1.165, 1.54) is 4.88 Å². The van der Waals surface area contributed by atoms with Gasteiger partial charge in [-0.25, -0.2) is 0 Å². The number of aromatic nitrogens is 2. The van der Waals surface area contributed by atoms with Crippen molar-refractivity contribution in [2.45, 2.75) is 13.1 Å². The van der Waals surface area contributed by atoms with Crippen LogP contribution in [-0.4, -0.2) is 10.2 Å². The Morgan fingerprint density at radius 3 is 2.76 bits per heavy atom. The largest absolute Gasteiger partial charge is 0.308 e. The van der Waals surface area contributed by atoms with Gasteiger partial charge >= 0.3 is 0 Å². The average molecular weight is 338 g/mol. The van der Waals surface area contributed by atoms with Crippen molar-refractivity contribution in [1.29, 1.82) is 0 Å². The van der Waals surface area contributed by atoms with Crippen LogP contribution in [0.25, 0.3) is 10.6 Å². The van der Waals surface area contributed by atoms with Crippen molar-refractivity contribution in [1.82, 2.24) is 15.5 Å². The standard InChI is InChI=1S/C15H13Cl2N3S/c16-12-4-3-10(13(17)6-12)7-18-8-11-9-19-20-15(11)14-2-1-5-21-14/h1-6,9,18H,7-8H2,(H,19,20). The lowest BCUT2D eigenvalue weighted by Gasteiger charge is -2.07.